The van der Waals surface area contributed by atoms with Crippen LogP contribution in [0.25, 0.3) is 6.20 Å². The number of aromatic nitrogens is 1. The topological polar surface area (TPSA) is 30.9 Å². The Morgan fingerprint density at radius 2 is 2.23 bits per heavy atom. The second-order valence-electron chi connectivity index (χ2n) is 3.56. The third kappa shape index (κ3) is 2.07. The van der Waals surface area contributed by atoms with Gasteiger partial charge in [0.25, 0.3) is 0 Å². The first-order chi connectivity index (χ1) is 6.07. The minimum Gasteiger partial charge on any atom is -0.328 e. The predicted molar refractivity (Wildman–Crippen MR) is 61.2 cm³/mol. The zero-order chi connectivity index (χ0) is 10.0. The van der Waals surface area contributed by atoms with E-state index in [1.807, 2.05) is 0 Å². The quantitative estimate of drug-likeness (QED) is 0.795. The second kappa shape index (κ2) is 4.17. The van der Waals surface area contributed by atoms with E-state index >= 15 is 0 Å². The van der Waals surface area contributed by atoms with Gasteiger partial charge in [-0.15, -0.1) is 0 Å². The molecule has 2 unspecified atom stereocenters. The molecular formula is C10H19N2P. The van der Waals surface area contributed by atoms with Crippen molar-refractivity contribution in [2.75, 3.05) is 0 Å². The predicted octanol–water partition coefficient (Wildman–Crippen LogP) is 2.70. The highest BCUT2D eigenvalue weighted by Crippen LogP contribution is 2.39. The van der Waals surface area contributed by atoms with E-state index in [2.05, 4.69) is 44.0 Å². The average Bonchev–Trinajstić information content (AvgIpc) is 2.09. The fraction of sp³-hybridized carbons (Fsp3) is 0.600. The van der Waals surface area contributed by atoms with Crippen molar-refractivity contribution in [2.24, 2.45) is 12.4 Å². The van der Waals surface area contributed by atoms with Crippen LogP contribution in [0.15, 0.2) is 6.08 Å². The lowest BCUT2D eigenvalue weighted by atomic mass is 10.2. The van der Waals surface area contributed by atoms with Gasteiger partial charge in [0.05, 0.1) is 0 Å². The Labute approximate surface area is 81.6 Å². The molecule has 0 saturated heterocycles. The van der Waals surface area contributed by atoms with Crippen LogP contribution in [0.1, 0.15) is 24.8 Å². The first-order valence-corrected chi connectivity index (χ1v) is 6.43. The molecule has 0 fully saturated rings. The smallest absolute Gasteiger partial charge is 0.0311 e. The monoisotopic (exact) mass is 198 g/mol. The number of nitrogens with zero attached hydrogens (tertiary/aromatic N) is 1. The molecule has 1 aromatic rings. The Balaban J connectivity index is 2.83. The van der Waals surface area contributed by atoms with Crippen LogP contribution in [0.4, 0.5) is 0 Å². The zero-order valence-electron chi connectivity index (χ0n) is 8.91. The van der Waals surface area contributed by atoms with E-state index in [1.54, 1.807) is 5.30 Å². The van der Waals surface area contributed by atoms with Crippen LogP contribution in [0.5, 0.6) is 0 Å². The van der Waals surface area contributed by atoms with Gasteiger partial charge in [-0.1, -0.05) is 6.08 Å². The summed E-state index contributed by atoms with van der Waals surface area (Å²) in [6.07, 6.45) is 5.30. The summed E-state index contributed by atoms with van der Waals surface area (Å²) in [5, 5.41) is 1.57. The lowest BCUT2D eigenvalue weighted by Gasteiger charge is -2.24. The van der Waals surface area contributed by atoms with Crippen molar-refractivity contribution in [3.05, 3.63) is 17.1 Å². The number of allylic oxidation sites excluding steroid dienone is 1. The van der Waals surface area contributed by atoms with Crippen molar-refractivity contribution in [3.63, 3.8) is 0 Å². The van der Waals surface area contributed by atoms with Gasteiger partial charge in [-0.05, 0) is 41.5 Å². The highest BCUT2D eigenvalue weighted by molar-refractivity contribution is 7.46. The fourth-order valence-electron chi connectivity index (χ4n) is 1.61. The van der Waals surface area contributed by atoms with Crippen LogP contribution in [0, 0.1) is 6.92 Å². The van der Waals surface area contributed by atoms with Gasteiger partial charge in [-0.25, -0.2) is 0 Å². The Morgan fingerprint density at radius 3 is 2.62 bits per heavy atom. The first kappa shape index (κ1) is 10.6. The second-order valence-corrected chi connectivity index (χ2v) is 5.58. The summed E-state index contributed by atoms with van der Waals surface area (Å²) in [4.78, 5) is 0. The molecule has 0 amide bonds. The van der Waals surface area contributed by atoms with Crippen molar-refractivity contribution in [2.45, 2.75) is 33.2 Å². The van der Waals surface area contributed by atoms with Crippen LogP contribution >= 0.6 is 7.69 Å². The maximum Gasteiger partial charge on any atom is 0.0311 e. The van der Waals surface area contributed by atoms with Gasteiger partial charge in [0.2, 0.25) is 0 Å². The summed E-state index contributed by atoms with van der Waals surface area (Å²) in [5.74, 6) is 0. The molecule has 13 heavy (non-hydrogen) atoms. The molecule has 2 atom stereocenters. The lowest BCUT2D eigenvalue weighted by Crippen LogP contribution is -2.20. The molecule has 1 rings (SSSR count). The van der Waals surface area contributed by atoms with E-state index in [0.717, 1.165) is 6.42 Å². The average molecular weight is 198 g/mol. The normalized spacial score (nSPS) is 15.6. The highest BCUT2D eigenvalue weighted by Gasteiger charge is 2.14. The van der Waals surface area contributed by atoms with E-state index in [1.165, 1.54) is 5.69 Å². The molecule has 1 aromatic heterocycles. The Hall–Kier alpha value is -0.460. The lowest BCUT2D eigenvalue weighted by molar-refractivity contribution is 0.734. The van der Waals surface area contributed by atoms with Crippen LogP contribution in [-0.4, -0.2) is 10.4 Å². The summed E-state index contributed by atoms with van der Waals surface area (Å²) < 4.78 is 2.35. The maximum absolute atomic E-state index is 5.79. The van der Waals surface area contributed by atoms with Crippen molar-refractivity contribution in [3.8, 4) is 0 Å². The van der Waals surface area contributed by atoms with Gasteiger partial charge in [0.1, 0.15) is 0 Å². The molecule has 0 bridgehead atoms. The van der Waals surface area contributed by atoms with Gasteiger partial charge in [0, 0.05) is 23.2 Å². The molecule has 2 N–H and O–H groups in total. The summed E-state index contributed by atoms with van der Waals surface area (Å²) in [7, 11) is -0.0761. The molecule has 2 nitrogen and oxygen atoms in total. The van der Waals surface area contributed by atoms with E-state index in [-0.39, 0.29) is 7.69 Å². The van der Waals surface area contributed by atoms with Gasteiger partial charge >= 0.3 is 0 Å². The molecule has 3 heteroatoms. The molecule has 0 aliphatic carbocycles. The summed E-state index contributed by atoms with van der Waals surface area (Å²) in [5.41, 5.74) is 7.19. The largest absolute Gasteiger partial charge is 0.328 e. The van der Waals surface area contributed by atoms with Crippen molar-refractivity contribution in [1.29, 1.82) is 0 Å². The van der Waals surface area contributed by atoms with E-state index in [0.29, 0.717) is 6.04 Å². The first-order valence-electron chi connectivity index (χ1n) is 4.69. The molecule has 1 heterocycles. The molecule has 0 saturated carbocycles. The summed E-state index contributed by atoms with van der Waals surface area (Å²) in [6, 6.07) is 0.294. The maximum atomic E-state index is 5.79. The van der Waals surface area contributed by atoms with Gasteiger partial charge in [-0.3, -0.25) is 0 Å². The van der Waals surface area contributed by atoms with E-state index in [9.17, 15) is 0 Å². The van der Waals surface area contributed by atoms with Crippen molar-refractivity contribution < 1.29 is 0 Å². The van der Waals surface area contributed by atoms with E-state index in [4.69, 9.17) is 5.73 Å². The van der Waals surface area contributed by atoms with Gasteiger partial charge in [0.15, 0.2) is 0 Å². The minimum absolute atomic E-state index is 0.0761. The fourth-order valence-corrected chi connectivity index (χ4v) is 3.76. The van der Waals surface area contributed by atoms with Crippen LogP contribution < -0.4 is 5.73 Å². The standard InChI is InChI=1S/C10H19N2P/c1-5-6-12-9(3)10(13(12)4)7-8(2)11/h5-6,8H,7,11H2,1-4H3/b6-5-. The summed E-state index contributed by atoms with van der Waals surface area (Å²) in [6.45, 7) is 8.60. The Bertz CT molecular complexity index is 287. The summed E-state index contributed by atoms with van der Waals surface area (Å²) >= 11 is 0. The Morgan fingerprint density at radius 1 is 1.62 bits per heavy atom. The van der Waals surface area contributed by atoms with Crippen LogP contribution in [-0.2, 0) is 13.1 Å². The highest BCUT2D eigenvalue weighted by atomic mass is 31.1. The number of rotatable bonds is 3. The number of hydrogen-bond donors (Lipinski definition) is 1. The molecular weight excluding hydrogens is 179 g/mol. The molecule has 0 aromatic carbocycles. The van der Waals surface area contributed by atoms with Gasteiger partial charge < -0.3 is 10.1 Å². The third-order valence-corrected chi connectivity index (χ3v) is 4.65. The Kier molecular flexibility index (Phi) is 3.40. The molecule has 0 spiro atoms. The molecule has 0 aliphatic rings. The van der Waals surface area contributed by atoms with Crippen molar-refractivity contribution in [1.82, 2.24) is 4.33 Å². The molecule has 0 radical (unpaired) electrons. The number of nitrogens with two attached hydrogens (primary N) is 1. The third-order valence-electron chi connectivity index (χ3n) is 2.28. The number of hydrogen-bond acceptors (Lipinski definition) is 1. The molecule has 74 valence electrons. The SMILES string of the molecule is C/C=C\n1c(C)c(CC(C)N)p1C. The molecule has 0 aliphatic heterocycles. The minimum atomic E-state index is -0.0761. The zero-order valence-corrected chi connectivity index (χ0v) is 9.81. The van der Waals surface area contributed by atoms with Crippen LogP contribution in [0.3, 0.4) is 0 Å². The van der Waals surface area contributed by atoms with E-state index < -0.39 is 0 Å². The van der Waals surface area contributed by atoms with Gasteiger partial charge in [-0.2, -0.15) is 0 Å². The van der Waals surface area contributed by atoms with Crippen molar-refractivity contribution >= 4 is 13.9 Å². The van der Waals surface area contributed by atoms with Crippen LogP contribution in [0.2, 0.25) is 0 Å².